The lowest BCUT2D eigenvalue weighted by Gasteiger charge is -1.97. The Morgan fingerprint density at radius 2 is 1.67 bits per heavy atom. The predicted octanol–water partition coefficient (Wildman–Crippen LogP) is 2.85. The molecule has 1 N–H and O–H groups in total. The maximum atomic E-state index is 10.9. The number of hydrogen-bond donors (Lipinski definition) is 1. The molecule has 5 nitrogen and oxygen atoms in total. The van der Waals surface area contributed by atoms with Gasteiger partial charge in [0.05, 0.1) is 5.56 Å². The minimum absolute atomic E-state index is 0.248. The Labute approximate surface area is 121 Å². The van der Waals surface area contributed by atoms with Crippen molar-refractivity contribution >= 4 is 5.97 Å². The summed E-state index contributed by atoms with van der Waals surface area (Å²) in [6.07, 6.45) is 0. The van der Waals surface area contributed by atoms with Crippen LogP contribution in [0.5, 0.6) is 0 Å². The van der Waals surface area contributed by atoms with E-state index in [0.29, 0.717) is 5.82 Å². The number of aromatic nitrogens is 3. The number of hydrogen-bond acceptors (Lipinski definition) is 3. The van der Waals surface area contributed by atoms with Gasteiger partial charge in [-0.15, -0.1) is 0 Å². The molecule has 0 saturated heterocycles. The average Bonchev–Trinajstić information content (AvgIpc) is 2.90. The van der Waals surface area contributed by atoms with Crippen LogP contribution in [0, 0.1) is 0 Å². The molecule has 1 heterocycles. The largest absolute Gasteiger partial charge is 0.478 e. The first-order chi connectivity index (χ1) is 10.1. The second kappa shape index (κ2) is 5.20. The quantitative estimate of drug-likeness (QED) is 0.800. The Hall–Kier alpha value is -2.95. The molecule has 3 rings (SSSR count). The van der Waals surface area contributed by atoms with Gasteiger partial charge in [-0.2, -0.15) is 5.10 Å². The molecule has 0 bridgehead atoms. The number of rotatable bonds is 3. The van der Waals surface area contributed by atoms with Gasteiger partial charge in [-0.25, -0.2) is 14.5 Å². The molecular weight excluding hydrogens is 266 g/mol. The third-order valence-electron chi connectivity index (χ3n) is 3.19. The summed E-state index contributed by atoms with van der Waals surface area (Å²) in [4.78, 5) is 15.4. The number of carboxylic acid groups (broad SMARTS) is 1. The standard InChI is InChI=1S/C16H13N3O2/c1-19-15(12-5-3-2-4-6-12)17-14(18-19)11-7-9-13(10-8-11)16(20)21/h2-10H,1H3,(H,20,21). The van der Waals surface area contributed by atoms with E-state index in [4.69, 9.17) is 5.11 Å². The Morgan fingerprint density at radius 1 is 1.00 bits per heavy atom. The van der Waals surface area contributed by atoms with Crippen molar-refractivity contribution < 1.29 is 9.90 Å². The molecule has 2 aromatic carbocycles. The molecule has 5 heteroatoms. The van der Waals surface area contributed by atoms with Gasteiger partial charge in [-0.05, 0) is 12.1 Å². The van der Waals surface area contributed by atoms with Gasteiger partial charge < -0.3 is 5.11 Å². The van der Waals surface area contributed by atoms with E-state index in [0.717, 1.165) is 17.0 Å². The van der Waals surface area contributed by atoms with Crippen LogP contribution in [-0.2, 0) is 7.05 Å². The lowest BCUT2D eigenvalue weighted by molar-refractivity contribution is 0.0697. The molecule has 0 radical (unpaired) electrons. The summed E-state index contributed by atoms with van der Waals surface area (Å²) in [7, 11) is 1.84. The van der Waals surface area contributed by atoms with Crippen LogP contribution in [0.2, 0.25) is 0 Å². The van der Waals surface area contributed by atoms with Crippen LogP contribution in [0.15, 0.2) is 54.6 Å². The van der Waals surface area contributed by atoms with Gasteiger partial charge in [0.15, 0.2) is 11.6 Å². The molecular formula is C16H13N3O2. The van der Waals surface area contributed by atoms with Crippen LogP contribution in [0.4, 0.5) is 0 Å². The molecule has 21 heavy (non-hydrogen) atoms. The Balaban J connectivity index is 1.99. The zero-order valence-electron chi connectivity index (χ0n) is 11.4. The smallest absolute Gasteiger partial charge is 0.335 e. The van der Waals surface area contributed by atoms with Gasteiger partial charge in [0.2, 0.25) is 0 Å². The fraction of sp³-hybridized carbons (Fsp3) is 0.0625. The second-order valence-electron chi connectivity index (χ2n) is 4.63. The van der Waals surface area contributed by atoms with Crippen LogP contribution in [0.3, 0.4) is 0 Å². The number of benzene rings is 2. The monoisotopic (exact) mass is 279 g/mol. The third kappa shape index (κ3) is 2.53. The van der Waals surface area contributed by atoms with E-state index in [-0.39, 0.29) is 5.56 Å². The zero-order valence-corrected chi connectivity index (χ0v) is 11.4. The Morgan fingerprint density at radius 3 is 2.29 bits per heavy atom. The van der Waals surface area contributed by atoms with E-state index in [1.54, 1.807) is 28.9 Å². The van der Waals surface area contributed by atoms with Crippen molar-refractivity contribution in [3.05, 3.63) is 60.2 Å². The summed E-state index contributed by atoms with van der Waals surface area (Å²) in [6, 6.07) is 16.3. The maximum absolute atomic E-state index is 10.9. The minimum atomic E-state index is -0.944. The van der Waals surface area contributed by atoms with Crippen molar-refractivity contribution in [1.82, 2.24) is 14.8 Å². The Bertz CT molecular complexity index is 777. The van der Waals surface area contributed by atoms with Crippen molar-refractivity contribution in [3.63, 3.8) is 0 Å². The SMILES string of the molecule is Cn1nc(-c2ccc(C(=O)O)cc2)nc1-c1ccccc1. The number of carbonyl (C=O) groups is 1. The molecule has 0 spiro atoms. The van der Waals surface area contributed by atoms with Gasteiger partial charge in [0.1, 0.15) is 0 Å². The van der Waals surface area contributed by atoms with E-state index in [2.05, 4.69) is 10.1 Å². The van der Waals surface area contributed by atoms with E-state index < -0.39 is 5.97 Å². The van der Waals surface area contributed by atoms with Gasteiger partial charge in [0.25, 0.3) is 0 Å². The van der Waals surface area contributed by atoms with Crippen LogP contribution < -0.4 is 0 Å². The molecule has 1 aromatic heterocycles. The van der Waals surface area contributed by atoms with Crippen molar-refractivity contribution in [2.45, 2.75) is 0 Å². The molecule has 104 valence electrons. The van der Waals surface area contributed by atoms with Gasteiger partial charge in [-0.1, -0.05) is 42.5 Å². The highest BCUT2D eigenvalue weighted by atomic mass is 16.4. The molecule has 0 aliphatic rings. The summed E-state index contributed by atoms with van der Waals surface area (Å²) in [5, 5.41) is 13.3. The highest BCUT2D eigenvalue weighted by Gasteiger charge is 2.11. The third-order valence-corrected chi connectivity index (χ3v) is 3.19. The number of aryl methyl sites for hydroxylation is 1. The van der Waals surface area contributed by atoms with Crippen molar-refractivity contribution in [1.29, 1.82) is 0 Å². The Kier molecular flexibility index (Phi) is 3.23. The lowest BCUT2D eigenvalue weighted by Crippen LogP contribution is -1.95. The molecule has 0 unspecified atom stereocenters. The van der Waals surface area contributed by atoms with Gasteiger partial charge >= 0.3 is 5.97 Å². The first-order valence-corrected chi connectivity index (χ1v) is 6.45. The molecule has 0 atom stereocenters. The van der Waals surface area contributed by atoms with Crippen LogP contribution in [0.25, 0.3) is 22.8 Å². The summed E-state index contributed by atoms with van der Waals surface area (Å²) in [5.41, 5.74) is 2.02. The second-order valence-corrected chi connectivity index (χ2v) is 4.63. The number of carboxylic acids is 1. The van der Waals surface area contributed by atoms with Crippen LogP contribution >= 0.6 is 0 Å². The molecule has 0 fully saturated rings. The fourth-order valence-corrected chi connectivity index (χ4v) is 2.11. The first kappa shape index (κ1) is 13.1. The van der Waals surface area contributed by atoms with E-state index >= 15 is 0 Å². The summed E-state index contributed by atoms with van der Waals surface area (Å²) < 4.78 is 1.72. The van der Waals surface area contributed by atoms with Crippen molar-refractivity contribution in [3.8, 4) is 22.8 Å². The zero-order chi connectivity index (χ0) is 14.8. The molecule has 0 aliphatic carbocycles. The summed E-state index contributed by atoms with van der Waals surface area (Å²) in [5.74, 6) is 0.404. The van der Waals surface area contributed by atoms with E-state index in [9.17, 15) is 4.79 Å². The molecule has 0 aliphatic heterocycles. The van der Waals surface area contributed by atoms with E-state index in [1.807, 2.05) is 37.4 Å². The fourth-order valence-electron chi connectivity index (χ4n) is 2.11. The lowest BCUT2D eigenvalue weighted by atomic mass is 10.1. The number of aromatic carboxylic acids is 1. The summed E-state index contributed by atoms with van der Waals surface area (Å²) in [6.45, 7) is 0. The van der Waals surface area contributed by atoms with Gasteiger partial charge in [-0.3, -0.25) is 0 Å². The minimum Gasteiger partial charge on any atom is -0.478 e. The highest BCUT2D eigenvalue weighted by molar-refractivity contribution is 5.88. The van der Waals surface area contributed by atoms with Crippen LogP contribution in [-0.4, -0.2) is 25.8 Å². The van der Waals surface area contributed by atoms with Gasteiger partial charge in [0, 0.05) is 18.2 Å². The molecule has 0 amide bonds. The predicted molar refractivity (Wildman–Crippen MR) is 78.8 cm³/mol. The summed E-state index contributed by atoms with van der Waals surface area (Å²) >= 11 is 0. The maximum Gasteiger partial charge on any atom is 0.335 e. The highest BCUT2D eigenvalue weighted by Crippen LogP contribution is 2.21. The van der Waals surface area contributed by atoms with Crippen molar-refractivity contribution in [2.75, 3.05) is 0 Å². The molecule has 0 saturated carbocycles. The van der Waals surface area contributed by atoms with E-state index in [1.165, 1.54) is 0 Å². The molecule has 3 aromatic rings. The van der Waals surface area contributed by atoms with Crippen molar-refractivity contribution in [2.24, 2.45) is 7.05 Å². The first-order valence-electron chi connectivity index (χ1n) is 6.45. The number of nitrogens with zero attached hydrogens (tertiary/aromatic N) is 3. The topological polar surface area (TPSA) is 68.0 Å². The average molecular weight is 279 g/mol. The normalized spacial score (nSPS) is 10.5. The van der Waals surface area contributed by atoms with Crippen LogP contribution in [0.1, 0.15) is 10.4 Å².